The Morgan fingerprint density at radius 3 is 2.68 bits per heavy atom. The molecular formula is C12H20N2O4S. The molecule has 1 fully saturated rings. The van der Waals surface area contributed by atoms with Crippen LogP contribution in [0.4, 0.5) is 0 Å². The van der Waals surface area contributed by atoms with Crippen LogP contribution in [0.3, 0.4) is 0 Å². The Morgan fingerprint density at radius 2 is 2.00 bits per heavy atom. The van der Waals surface area contributed by atoms with E-state index in [0.717, 1.165) is 38.4 Å². The van der Waals surface area contributed by atoms with Crippen LogP contribution in [0.1, 0.15) is 61.9 Å². The molecule has 0 radical (unpaired) electrons. The van der Waals surface area contributed by atoms with E-state index in [2.05, 4.69) is 10.1 Å². The largest absolute Gasteiger partial charge is 0.392 e. The Bertz CT molecular complexity index is 526. The molecule has 1 heterocycles. The molecule has 1 aliphatic rings. The molecule has 19 heavy (non-hydrogen) atoms. The first-order valence-electron chi connectivity index (χ1n) is 6.60. The summed E-state index contributed by atoms with van der Waals surface area (Å²) < 4.78 is 28.1. The highest BCUT2D eigenvalue weighted by molar-refractivity contribution is 7.90. The van der Waals surface area contributed by atoms with Gasteiger partial charge in [-0.15, -0.1) is 0 Å². The van der Waals surface area contributed by atoms with Crippen molar-refractivity contribution >= 4 is 9.84 Å². The van der Waals surface area contributed by atoms with Gasteiger partial charge in [0, 0.05) is 6.26 Å². The van der Waals surface area contributed by atoms with Crippen molar-refractivity contribution < 1.29 is 18.0 Å². The van der Waals surface area contributed by atoms with Crippen LogP contribution in [0.15, 0.2) is 4.52 Å². The van der Waals surface area contributed by atoms with Gasteiger partial charge in [0.2, 0.25) is 5.89 Å². The van der Waals surface area contributed by atoms with Crippen LogP contribution >= 0.6 is 0 Å². The first kappa shape index (κ1) is 14.5. The average molecular weight is 288 g/mol. The molecule has 6 nitrogen and oxygen atoms in total. The second-order valence-corrected chi connectivity index (χ2v) is 7.64. The lowest BCUT2D eigenvalue weighted by Gasteiger charge is -2.15. The van der Waals surface area contributed by atoms with E-state index in [4.69, 9.17) is 4.52 Å². The van der Waals surface area contributed by atoms with Crippen molar-refractivity contribution in [1.29, 1.82) is 0 Å². The summed E-state index contributed by atoms with van der Waals surface area (Å²) in [5.74, 6) is 0.365. The Balaban J connectivity index is 2.20. The lowest BCUT2D eigenvalue weighted by molar-refractivity contribution is 0.119. The summed E-state index contributed by atoms with van der Waals surface area (Å²) in [6.45, 7) is 1.54. The van der Waals surface area contributed by atoms with E-state index in [0.29, 0.717) is 5.89 Å². The number of aromatic nitrogens is 2. The van der Waals surface area contributed by atoms with E-state index in [1.807, 2.05) is 0 Å². The number of hydrogen-bond donors (Lipinski definition) is 1. The van der Waals surface area contributed by atoms with Gasteiger partial charge >= 0.3 is 0 Å². The third-order valence-corrected chi connectivity index (χ3v) is 5.26. The standard InChI is InChI=1S/C12H20N2O4S/c1-8(19(2,16)17)11-13-12(18-14-11)9-6-4-3-5-7-10(9)15/h8-10,15H,3-7H2,1-2H3. The van der Waals surface area contributed by atoms with E-state index < -0.39 is 21.2 Å². The summed E-state index contributed by atoms with van der Waals surface area (Å²) in [6, 6.07) is 0. The van der Waals surface area contributed by atoms with E-state index >= 15 is 0 Å². The van der Waals surface area contributed by atoms with Crippen molar-refractivity contribution in [3.63, 3.8) is 0 Å². The van der Waals surface area contributed by atoms with Gasteiger partial charge in [0.25, 0.3) is 0 Å². The molecule has 1 aromatic rings. The molecule has 0 bridgehead atoms. The fourth-order valence-corrected chi connectivity index (χ4v) is 2.81. The molecule has 3 unspecified atom stereocenters. The molecular weight excluding hydrogens is 268 g/mol. The second-order valence-electron chi connectivity index (χ2n) is 5.27. The highest BCUT2D eigenvalue weighted by atomic mass is 32.2. The van der Waals surface area contributed by atoms with Gasteiger partial charge in [-0.05, 0) is 19.8 Å². The lowest BCUT2D eigenvalue weighted by atomic mass is 9.97. The van der Waals surface area contributed by atoms with Crippen LogP contribution < -0.4 is 0 Å². The van der Waals surface area contributed by atoms with Gasteiger partial charge < -0.3 is 9.63 Å². The minimum Gasteiger partial charge on any atom is -0.392 e. The molecule has 0 amide bonds. The summed E-state index contributed by atoms with van der Waals surface area (Å²) in [6.07, 6.45) is 5.30. The molecule has 1 aromatic heterocycles. The van der Waals surface area contributed by atoms with Crippen LogP contribution in [0.5, 0.6) is 0 Å². The zero-order valence-electron chi connectivity index (χ0n) is 11.2. The van der Waals surface area contributed by atoms with Crippen molar-refractivity contribution in [2.75, 3.05) is 6.26 Å². The minimum absolute atomic E-state index is 0.171. The Hall–Kier alpha value is -0.950. The van der Waals surface area contributed by atoms with Crippen LogP contribution in [0, 0.1) is 0 Å². The summed E-state index contributed by atoms with van der Waals surface area (Å²) >= 11 is 0. The van der Waals surface area contributed by atoms with Gasteiger partial charge in [-0.1, -0.05) is 24.4 Å². The zero-order valence-corrected chi connectivity index (χ0v) is 12.1. The van der Waals surface area contributed by atoms with Crippen molar-refractivity contribution in [3.05, 3.63) is 11.7 Å². The molecule has 2 rings (SSSR count). The SMILES string of the molecule is CC(c1noc(C2CCCCCC2O)n1)S(C)(=O)=O. The van der Waals surface area contributed by atoms with Gasteiger partial charge in [-0.2, -0.15) is 4.98 Å². The smallest absolute Gasteiger partial charge is 0.232 e. The predicted molar refractivity (Wildman–Crippen MR) is 69.4 cm³/mol. The Kier molecular flexibility index (Phi) is 4.25. The molecule has 0 saturated heterocycles. The third-order valence-electron chi connectivity index (χ3n) is 3.76. The van der Waals surface area contributed by atoms with E-state index in [9.17, 15) is 13.5 Å². The van der Waals surface area contributed by atoms with Crippen LogP contribution in [0.2, 0.25) is 0 Å². The summed E-state index contributed by atoms with van der Waals surface area (Å²) in [5.41, 5.74) is 0. The van der Waals surface area contributed by atoms with Crippen LogP contribution in [-0.4, -0.2) is 36.0 Å². The number of aliphatic hydroxyl groups excluding tert-OH is 1. The normalized spacial score (nSPS) is 26.9. The minimum atomic E-state index is -3.24. The van der Waals surface area contributed by atoms with Crippen LogP contribution in [0.25, 0.3) is 0 Å². The van der Waals surface area contributed by atoms with Crippen molar-refractivity contribution in [2.24, 2.45) is 0 Å². The van der Waals surface area contributed by atoms with E-state index in [-0.39, 0.29) is 11.7 Å². The second kappa shape index (κ2) is 5.58. The molecule has 0 aliphatic heterocycles. The van der Waals surface area contributed by atoms with Crippen molar-refractivity contribution in [2.45, 2.75) is 56.3 Å². The van der Waals surface area contributed by atoms with Gasteiger partial charge in [-0.3, -0.25) is 0 Å². The maximum absolute atomic E-state index is 11.5. The molecule has 1 aliphatic carbocycles. The van der Waals surface area contributed by atoms with Gasteiger partial charge in [0.15, 0.2) is 15.7 Å². The number of rotatable bonds is 3. The summed E-state index contributed by atoms with van der Waals surface area (Å²) in [7, 11) is -3.24. The molecule has 1 saturated carbocycles. The van der Waals surface area contributed by atoms with Gasteiger partial charge in [0.1, 0.15) is 5.25 Å². The number of nitrogens with zero attached hydrogens (tertiary/aromatic N) is 2. The summed E-state index contributed by atoms with van der Waals surface area (Å²) in [4.78, 5) is 4.18. The Labute approximate surface area is 113 Å². The highest BCUT2D eigenvalue weighted by Crippen LogP contribution is 2.32. The highest BCUT2D eigenvalue weighted by Gasteiger charge is 2.30. The van der Waals surface area contributed by atoms with Gasteiger partial charge in [0.05, 0.1) is 12.0 Å². The molecule has 3 atom stereocenters. The molecule has 1 N–H and O–H groups in total. The fraction of sp³-hybridized carbons (Fsp3) is 0.833. The first-order valence-corrected chi connectivity index (χ1v) is 8.55. The zero-order chi connectivity index (χ0) is 14.0. The molecule has 7 heteroatoms. The maximum atomic E-state index is 11.5. The molecule has 108 valence electrons. The number of sulfone groups is 1. The third kappa shape index (κ3) is 3.33. The van der Waals surface area contributed by atoms with Crippen molar-refractivity contribution in [1.82, 2.24) is 10.1 Å². The number of aliphatic hydroxyl groups is 1. The topological polar surface area (TPSA) is 93.3 Å². The first-order chi connectivity index (χ1) is 8.89. The predicted octanol–water partition coefficient (Wildman–Crippen LogP) is 1.58. The van der Waals surface area contributed by atoms with Gasteiger partial charge in [-0.25, -0.2) is 8.42 Å². The summed E-state index contributed by atoms with van der Waals surface area (Å²) in [5, 5.41) is 13.0. The van der Waals surface area contributed by atoms with E-state index in [1.54, 1.807) is 0 Å². The van der Waals surface area contributed by atoms with E-state index in [1.165, 1.54) is 6.92 Å². The Morgan fingerprint density at radius 1 is 1.32 bits per heavy atom. The quantitative estimate of drug-likeness (QED) is 0.849. The number of hydrogen-bond acceptors (Lipinski definition) is 6. The fourth-order valence-electron chi connectivity index (χ4n) is 2.33. The van der Waals surface area contributed by atoms with Crippen LogP contribution in [-0.2, 0) is 9.84 Å². The van der Waals surface area contributed by atoms with Crippen molar-refractivity contribution in [3.8, 4) is 0 Å². The monoisotopic (exact) mass is 288 g/mol. The molecule has 0 spiro atoms. The maximum Gasteiger partial charge on any atom is 0.232 e. The lowest BCUT2D eigenvalue weighted by Crippen LogP contribution is -2.17. The molecule has 0 aromatic carbocycles. The average Bonchev–Trinajstić information content (AvgIpc) is 2.71.